The van der Waals surface area contributed by atoms with Crippen LogP contribution in [0, 0.1) is 0 Å². The molecule has 1 aromatic carbocycles. The van der Waals surface area contributed by atoms with Crippen LogP contribution in [0.1, 0.15) is 36.9 Å². The molecule has 1 N–H and O–H groups in total. The van der Waals surface area contributed by atoms with Gasteiger partial charge in [0.25, 0.3) is 5.91 Å². The molecule has 2 heterocycles. The largest absolute Gasteiger partial charge is 0.349 e. The molecule has 5 nitrogen and oxygen atoms in total. The number of halogens is 1. The van der Waals surface area contributed by atoms with Gasteiger partial charge in [0, 0.05) is 22.5 Å². The highest BCUT2D eigenvalue weighted by Gasteiger charge is 2.41. The second kappa shape index (κ2) is 9.67. The van der Waals surface area contributed by atoms with Gasteiger partial charge in [0.2, 0.25) is 5.91 Å². The minimum Gasteiger partial charge on any atom is -0.349 e. The van der Waals surface area contributed by atoms with E-state index in [1.54, 1.807) is 22.9 Å². The predicted molar refractivity (Wildman–Crippen MR) is 121 cm³/mol. The van der Waals surface area contributed by atoms with Crippen LogP contribution in [0.25, 0.3) is 6.08 Å². The number of fused-ring (bicyclic) bond motifs is 1. The zero-order valence-corrected chi connectivity index (χ0v) is 18.2. The number of amides is 2. The summed E-state index contributed by atoms with van der Waals surface area (Å²) in [4.78, 5) is 32.6. The number of benzene rings is 1. The number of nitrogens with zero attached hydrogens (tertiary/aromatic N) is 2. The summed E-state index contributed by atoms with van der Waals surface area (Å²) in [6.07, 6.45) is 7.79. The highest BCUT2D eigenvalue weighted by molar-refractivity contribution is 8.04. The van der Waals surface area contributed by atoms with Crippen molar-refractivity contribution in [2.75, 3.05) is 6.54 Å². The van der Waals surface area contributed by atoms with E-state index in [-0.39, 0.29) is 24.4 Å². The van der Waals surface area contributed by atoms with Gasteiger partial charge >= 0.3 is 0 Å². The molecule has 1 saturated heterocycles. The average molecular weight is 442 g/mol. The van der Waals surface area contributed by atoms with E-state index in [0.29, 0.717) is 21.7 Å². The van der Waals surface area contributed by atoms with Gasteiger partial charge in [-0.15, -0.1) is 11.8 Å². The second-order valence-corrected chi connectivity index (χ2v) is 9.26. The first-order valence-electron chi connectivity index (χ1n) is 10.2. The fourth-order valence-corrected chi connectivity index (χ4v) is 5.65. The second-order valence-electron chi connectivity index (χ2n) is 7.57. The van der Waals surface area contributed by atoms with Crippen LogP contribution in [-0.2, 0) is 16.1 Å². The Morgan fingerprint density at radius 3 is 2.80 bits per heavy atom. The van der Waals surface area contributed by atoms with Gasteiger partial charge < -0.3 is 10.2 Å². The van der Waals surface area contributed by atoms with E-state index in [0.717, 1.165) is 36.9 Å². The van der Waals surface area contributed by atoms with Crippen molar-refractivity contribution in [3.63, 3.8) is 0 Å². The highest BCUT2D eigenvalue weighted by Crippen LogP contribution is 2.42. The van der Waals surface area contributed by atoms with Gasteiger partial charge in [0.1, 0.15) is 6.54 Å². The lowest BCUT2D eigenvalue weighted by atomic mass is 9.93. The molecule has 4 rings (SSSR count). The standard InChI is InChI=1S/C23H24ClN3O2S/c24-18-9-2-1-7-16(18)13-21-23(29)27(19-10-3-4-11-20(19)30-21)15-22(28)26-14-17-8-5-6-12-25-17/h1-2,5-9,12-13,19-20H,3-4,10-11,14-15H2,(H,26,28)/b21-13+. The topological polar surface area (TPSA) is 62.3 Å². The SMILES string of the molecule is O=C(CN1C(=O)/C(=C\c2ccccc2Cl)SC2CCCCC21)NCc1ccccn1. The third-order valence-electron chi connectivity index (χ3n) is 5.52. The molecule has 2 aromatic rings. The molecule has 1 aliphatic heterocycles. The van der Waals surface area contributed by atoms with Gasteiger partial charge in [-0.05, 0) is 42.7 Å². The third kappa shape index (κ3) is 4.87. The Labute approximate surface area is 185 Å². The Bertz CT molecular complexity index is 950. The summed E-state index contributed by atoms with van der Waals surface area (Å²) in [5.74, 6) is -0.252. The molecule has 156 valence electrons. The van der Waals surface area contributed by atoms with Crippen LogP contribution in [0.4, 0.5) is 0 Å². The molecule has 1 saturated carbocycles. The van der Waals surface area contributed by atoms with Crippen molar-refractivity contribution in [1.29, 1.82) is 0 Å². The lowest BCUT2D eigenvalue weighted by Crippen LogP contribution is -2.54. The average Bonchev–Trinajstić information content (AvgIpc) is 2.77. The van der Waals surface area contributed by atoms with Crippen LogP contribution in [0.5, 0.6) is 0 Å². The maximum Gasteiger partial charge on any atom is 0.261 e. The van der Waals surface area contributed by atoms with E-state index in [4.69, 9.17) is 11.6 Å². The van der Waals surface area contributed by atoms with Crippen molar-refractivity contribution in [1.82, 2.24) is 15.2 Å². The van der Waals surface area contributed by atoms with Crippen LogP contribution >= 0.6 is 23.4 Å². The molecule has 30 heavy (non-hydrogen) atoms. The number of aromatic nitrogens is 1. The minimum atomic E-state index is -0.165. The Morgan fingerprint density at radius 2 is 2.00 bits per heavy atom. The zero-order valence-electron chi connectivity index (χ0n) is 16.6. The molecule has 2 aliphatic rings. The molecule has 2 amide bonds. The molecule has 1 aromatic heterocycles. The number of thioether (sulfide) groups is 1. The number of carbonyl (C=O) groups excluding carboxylic acids is 2. The van der Waals surface area contributed by atoms with Crippen molar-refractivity contribution < 1.29 is 9.59 Å². The molecule has 2 unspecified atom stereocenters. The summed E-state index contributed by atoms with van der Waals surface area (Å²) in [5, 5.41) is 3.82. The van der Waals surface area contributed by atoms with Crippen LogP contribution in [-0.4, -0.2) is 39.5 Å². The van der Waals surface area contributed by atoms with Gasteiger partial charge in [-0.25, -0.2) is 0 Å². The van der Waals surface area contributed by atoms with Gasteiger partial charge in [-0.1, -0.05) is 48.7 Å². The van der Waals surface area contributed by atoms with Gasteiger partial charge in [-0.3, -0.25) is 14.6 Å². The molecule has 0 spiro atoms. The van der Waals surface area contributed by atoms with Crippen molar-refractivity contribution in [3.05, 3.63) is 69.8 Å². The Balaban J connectivity index is 1.51. The summed E-state index contributed by atoms with van der Waals surface area (Å²) >= 11 is 7.94. The summed E-state index contributed by atoms with van der Waals surface area (Å²) in [7, 11) is 0. The summed E-state index contributed by atoms with van der Waals surface area (Å²) in [5.41, 5.74) is 1.62. The first-order chi connectivity index (χ1) is 14.6. The fourth-order valence-electron chi connectivity index (χ4n) is 4.00. The van der Waals surface area contributed by atoms with E-state index < -0.39 is 0 Å². The number of pyridine rings is 1. The number of rotatable bonds is 5. The normalized spacial score (nSPS) is 22.6. The Kier molecular flexibility index (Phi) is 6.75. The first kappa shape index (κ1) is 20.9. The fraction of sp³-hybridized carbons (Fsp3) is 0.348. The van der Waals surface area contributed by atoms with Crippen molar-refractivity contribution >= 4 is 41.3 Å². The predicted octanol–water partition coefficient (Wildman–Crippen LogP) is 4.28. The van der Waals surface area contributed by atoms with Crippen LogP contribution in [0.3, 0.4) is 0 Å². The van der Waals surface area contributed by atoms with Gasteiger partial charge in [-0.2, -0.15) is 0 Å². The Hall–Kier alpha value is -2.31. The smallest absolute Gasteiger partial charge is 0.261 e. The number of hydrogen-bond donors (Lipinski definition) is 1. The summed E-state index contributed by atoms with van der Waals surface area (Å²) in [6.45, 7) is 0.417. The molecule has 2 fully saturated rings. The van der Waals surface area contributed by atoms with Gasteiger partial charge in [0.15, 0.2) is 0 Å². The molecule has 0 radical (unpaired) electrons. The van der Waals surface area contributed by atoms with Crippen LogP contribution in [0.2, 0.25) is 5.02 Å². The van der Waals surface area contributed by atoms with E-state index in [1.165, 1.54) is 0 Å². The van der Waals surface area contributed by atoms with Crippen molar-refractivity contribution in [2.24, 2.45) is 0 Å². The number of nitrogens with one attached hydrogen (secondary N) is 1. The van der Waals surface area contributed by atoms with Crippen LogP contribution in [0.15, 0.2) is 53.6 Å². The molecular formula is C23H24ClN3O2S. The maximum absolute atomic E-state index is 13.3. The minimum absolute atomic E-state index is 0.0628. The first-order valence-corrected chi connectivity index (χ1v) is 11.5. The molecule has 1 aliphatic carbocycles. The van der Waals surface area contributed by atoms with E-state index in [2.05, 4.69) is 10.3 Å². The lowest BCUT2D eigenvalue weighted by molar-refractivity contribution is -0.135. The zero-order chi connectivity index (χ0) is 20.9. The lowest BCUT2D eigenvalue weighted by Gasteiger charge is -2.43. The summed E-state index contributed by atoms with van der Waals surface area (Å²) in [6, 6.07) is 13.2. The molecular weight excluding hydrogens is 418 g/mol. The summed E-state index contributed by atoms with van der Waals surface area (Å²) < 4.78 is 0. The quantitative estimate of drug-likeness (QED) is 0.703. The third-order valence-corrected chi connectivity index (χ3v) is 7.26. The van der Waals surface area contributed by atoms with Crippen molar-refractivity contribution in [2.45, 2.75) is 43.5 Å². The van der Waals surface area contributed by atoms with E-state index in [9.17, 15) is 9.59 Å². The van der Waals surface area contributed by atoms with Crippen LogP contribution < -0.4 is 5.32 Å². The molecule has 2 atom stereocenters. The Morgan fingerprint density at radius 1 is 1.20 bits per heavy atom. The highest BCUT2D eigenvalue weighted by atomic mass is 35.5. The van der Waals surface area contributed by atoms with Crippen molar-refractivity contribution in [3.8, 4) is 0 Å². The van der Waals surface area contributed by atoms with E-state index in [1.807, 2.05) is 48.5 Å². The number of hydrogen-bond acceptors (Lipinski definition) is 4. The molecule has 0 bridgehead atoms. The maximum atomic E-state index is 13.3. The molecule has 7 heteroatoms. The number of carbonyl (C=O) groups is 2. The van der Waals surface area contributed by atoms with E-state index >= 15 is 0 Å². The van der Waals surface area contributed by atoms with Gasteiger partial charge in [0.05, 0.1) is 17.1 Å². The monoisotopic (exact) mass is 441 g/mol.